The number of rotatable bonds is 4. The Morgan fingerprint density at radius 2 is 2.23 bits per heavy atom. The topological polar surface area (TPSA) is 52.0 Å². The van der Waals surface area contributed by atoms with Crippen molar-refractivity contribution in [2.75, 3.05) is 0 Å². The van der Waals surface area contributed by atoms with Gasteiger partial charge in [-0.05, 0) is 12.8 Å². The summed E-state index contributed by atoms with van der Waals surface area (Å²) in [6.45, 7) is 6.25. The molecule has 3 heteroatoms. The average Bonchev–Trinajstić information content (AvgIpc) is 2.52. The molecule has 3 nitrogen and oxygen atoms in total. The second-order valence-corrected chi connectivity index (χ2v) is 3.67. The standard InChI is InChI=1S/C10H18N2O/c1-4-7(2)5-9-6-12-10(13-9)8(3)11/h6-8H,4-5,11H2,1-3H3. The van der Waals surface area contributed by atoms with Crippen LogP contribution in [0.3, 0.4) is 0 Å². The van der Waals surface area contributed by atoms with E-state index in [0.29, 0.717) is 11.8 Å². The average molecular weight is 182 g/mol. The van der Waals surface area contributed by atoms with E-state index in [9.17, 15) is 0 Å². The van der Waals surface area contributed by atoms with E-state index in [0.717, 1.165) is 18.6 Å². The Hall–Kier alpha value is -0.830. The van der Waals surface area contributed by atoms with Crippen LogP contribution in [-0.2, 0) is 6.42 Å². The minimum absolute atomic E-state index is 0.106. The lowest BCUT2D eigenvalue weighted by molar-refractivity contribution is 0.403. The van der Waals surface area contributed by atoms with E-state index in [4.69, 9.17) is 10.2 Å². The summed E-state index contributed by atoms with van der Waals surface area (Å²) >= 11 is 0. The highest BCUT2D eigenvalue weighted by Crippen LogP contribution is 2.15. The summed E-state index contributed by atoms with van der Waals surface area (Å²) in [6, 6.07) is -0.106. The molecule has 1 aromatic rings. The molecule has 0 spiro atoms. The summed E-state index contributed by atoms with van der Waals surface area (Å²) in [4.78, 5) is 4.11. The number of aromatic nitrogens is 1. The van der Waals surface area contributed by atoms with Crippen LogP contribution in [0.25, 0.3) is 0 Å². The van der Waals surface area contributed by atoms with Crippen molar-refractivity contribution in [2.24, 2.45) is 11.7 Å². The molecular weight excluding hydrogens is 164 g/mol. The van der Waals surface area contributed by atoms with Gasteiger partial charge in [0, 0.05) is 6.42 Å². The quantitative estimate of drug-likeness (QED) is 0.777. The molecule has 0 fully saturated rings. The monoisotopic (exact) mass is 182 g/mol. The van der Waals surface area contributed by atoms with Crippen molar-refractivity contribution in [3.05, 3.63) is 17.8 Å². The first-order valence-corrected chi connectivity index (χ1v) is 4.83. The van der Waals surface area contributed by atoms with Crippen LogP contribution in [0, 0.1) is 5.92 Å². The first-order valence-electron chi connectivity index (χ1n) is 4.83. The van der Waals surface area contributed by atoms with Crippen molar-refractivity contribution in [3.8, 4) is 0 Å². The van der Waals surface area contributed by atoms with E-state index in [-0.39, 0.29) is 6.04 Å². The van der Waals surface area contributed by atoms with Gasteiger partial charge in [-0.1, -0.05) is 20.3 Å². The van der Waals surface area contributed by atoms with Crippen molar-refractivity contribution in [2.45, 2.75) is 39.7 Å². The van der Waals surface area contributed by atoms with Crippen molar-refractivity contribution < 1.29 is 4.42 Å². The van der Waals surface area contributed by atoms with E-state index in [1.54, 1.807) is 6.20 Å². The molecule has 13 heavy (non-hydrogen) atoms. The smallest absolute Gasteiger partial charge is 0.210 e. The summed E-state index contributed by atoms with van der Waals surface area (Å²) in [5, 5.41) is 0. The van der Waals surface area contributed by atoms with Crippen LogP contribution in [-0.4, -0.2) is 4.98 Å². The maximum atomic E-state index is 5.63. The third kappa shape index (κ3) is 2.84. The van der Waals surface area contributed by atoms with Gasteiger partial charge >= 0.3 is 0 Å². The van der Waals surface area contributed by atoms with Crippen molar-refractivity contribution >= 4 is 0 Å². The van der Waals surface area contributed by atoms with Gasteiger partial charge in [0.1, 0.15) is 5.76 Å². The van der Waals surface area contributed by atoms with Gasteiger partial charge < -0.3 is 10.2 Å². The van der Waals surface area contributed by atoms with E-state index in [1.165, 1.54) is 0 Å². The van der Waals surface area contributed by atoms with Crippen LogP contribution in [0.2, 0.25) is 0 Å². The largest absolute Gasteiger partial charge is 0.444 e. The Bertz CT molecular complexity index is 255. The molecule has 0 aromatic carbocycles. The fourth-order valence-electron chi connectivity index (χ4n) is 1.12. The van der Waals surface area contributed by atoms with Gasteiger partial charge in [-0.15, -0.1) is 0 Å². The number of hydrogen-bond donors (Lipinski definition) is 1. The first-order chi connectivity index (χ1) is 6.13. The first kappa shape index (κ1) is 10.3. The Morgan fingerprint density at radius 1 is 1.54 bits per heavy atom. The number of oxazole rings is 1. The van der Waals surface area contributed by atoms with Crippen LogP contribution >= 0.6 is 0 Å². The third-order valence-corrected chi connectivity index (χ3v) is 2.21. The predicted octanol–water partition coefficient (Wildman–Crippen LogP) is 2.28. The molecule has 2 atom stereocenters. The highest BCUT2D eigenvalue weighted by molar-refractivity contribution is 4.97. The molecule has 1 heterocycles. The Balaban J connectivity index is 2.58. The number of hydrogen-bond acceptors (Lipinski definition) is 3. The SMILES string of the molecule is CCC(C)Cc1cnc(C(C)N)o1. The fourth-order valence-corrected chi connectivity index (χ4v) is 1.12. The molecule has 1 rings (SSSR count). The predicted molar refractivity (Wildman–Crippen MR) is 52.3 cm³/mol. The van der Waals surface area contributed by atoms with Crippen LogP contribution in [0.5, 0.6) is 0 Å². The van der Waals surface area contributed by atoms with E-state index in [1.807, 2.05) is 6.92 Å². The Labute approximate surface area is 79.3 Å². The van der Waals surface area contributed by atoms with E-state index < -0.39 is 0 Å². The fraction of sp³-hybridized carbons (Fsp3) is 0.700. The lowest BCUT2D eigenvalue weighted by Gasteiger charge is -2.04. The van der Waals surface area contributed by atoms with Gasteiger partial charge in [-0.2, -0.15) is 0 Å². The molecule has 0 amide bonds. The molecule has 0 aliphatic heterocycles. The van der Waals surface area contributed by atoms with Crippen LogP contribution in [0.4, 0.5) is 0 Å². The molecule has 2 N–H and O–H groups in total. The lowest BCUT2D eigenvalue weighted by atomic mass is 10.0. The summed E-state index contributed by atoms with van der Waals surface area (Å²) in [7, 11) is 0. The minimum atomic E-state index is -0.106. The highest BCUT2D eigenvalue weighted by Gasteiger charge is 2.09. The summed E-state index contributed by atoms with van der Waals surface area (Å²) in [5.41, 5.74) is 5.63. The van der Waals surface area contributed by atoms with E-state index in [2.05, 4.69) is 18.8 Å². The molecule has 0 radical (unpaired) electrons. The van der Waals surface area contributed by atoms with Gasteiger partial charge in [0.25, 0.3) is 0 Å². The van der Waals surface area contributed by atoms with E-state index >= 15 is 0 Å². The molecule has 0 bridgehead atoms. The zero-order valence-electron chi connectivity index (χ0n) is 8.58. The minimum Gasteiger partial charge on any atom is -0.444 e. The number of nitrogens with zero attached hydrogens (tertiary/aromatic N) is 1. The van der Waals surface area contributed by atoms with Gasteiger partial charge in [-0.25, -0.2) is 4.98 Å². The molecule has 1 aromatic heterocycles. The van der Waals surface area contributed by atoms with Crippen molar-refractivity contribution in [3.63, 3.8) is 0 Å². The third-order valence-electron chi connectivity index (χ3n) is 2.21. The van der Waals surface area contributed by atoms with Gasteiger partial charge in [-0.3, -0.25) is 0 Å². The highest BCUT2D eigenvalue weighted by atomic mass is 16.4. The second-order valence-electron chi connectivity index (χ2n) is 3.67. The Morgan fingerprint density at radius 3 is 2.69 bits per heavy atom. The van der Waals surface area contributed by atoms with Crippen LogP contribution in [0.1, 0.15) is 44.9 Å². The zero-order chi connectivity index (χ0) is 9.84. The van der Waals surface area contributed by atoms with Crippen molar-refractivity contribution in [1.29, 1.82) is 0 Å². The molecular formula is C10H18N2O. The van der Waals surface area contributed by atoms with Gasteiger partial charge in [0.15, 0.2) is 0 Å². The summed E-state index contributed by atoms with van der Waals surface area (Å²) in [6.07, 6.45) is 3.90. The Kier molecular flexibility index (Phi) is 3.48. The zero-order valence-corrected chi connectivity index (χ0v) is 8.58. The van der Waals surface area contributed by atoms with Crippen LogP contribution < -0.4 is 5.73 Å². The van der Waals surface area contributed by atoms with Gasteiger partial charge in [0.2, 0.25) is 5.89 Å². The second kappa shape index (κ2) is 4.42. The maximum absolute atomic E-state index is 5.63. The molecule has 0 aliphatic rings. The lowest BCUT2D eigenvalue weighted by Crippen LogP contribution is -2.04. The summed E-state index contributed by atoms with van der Waals surface area (Å²) < 4.78 is 5.48. The van der Waals surface area contributed by atoms with Gasteiger partial charge in [0.05, 0.1) is 12.2 Å². The van der Waals surface area contributed by atoms with Crippen LogP contribution in [0.15, 0.2) is 10.6 Å². The maximum Gasteiger partial charge on any atom is 0.210 e. The molecule has 0 saturated carbocycles. The summed E-state index contributed by atoms with van der Waals surface area (Å²) in [5.74, 6) is 2.23. The number of nitrogens with two attached hydrogens (primary N) is 1. The molecule has 0 aliphatic carbocycles. The molecule has 74 valence electrons. The molecule has 0 saturated heterocycles. The normalized spacial score (nSPS) is 15.7. The molecule has 2 unspecified atom stereocenters. The van der Waals surface area contributed by atoms with Crippen molar-refractivity contribution in [1.82, 2.24) is 4.98 Å².